The first-order chi connectivity index (χ1) is 9.07. The summed E-state index contributed by atoms with van der Waals surface area (Å²) in [5.41, 5.74) is -0.586. The van der Waals surface area contributed by atoms with Gasteiger partial charge in [0.25, 0.3) is 0 Å². The summed E-state index contributed by atoms with van der Waals surface area (Å²) in [6.07, 6.45) is 0.359. The molecule has 3 N–H and O–H groups in total. The number of benzene rings is 1. The van der Waals surface area contributed by atoms with Crippen LogP contribution in [0.5, 0.6) is 5.75 Å². The van der Waals surface area contributed by atoms with Crippen molar-refractivity contribution in [3.8, 4) is 5.75 Å². The fraction of sp³-hybridized carbons (Fsp3) is 0.385. The van der Waals surface area contributed by atoms with Gasteiger partial charge >= 0.3 is 11.8 Å². The third-order valence-electron chi connectivity index (χ3n) is 3.14. The van der Waals surface area contributed by atoms with Crippen molar-refractivity contribution in [1.82, 2.24) is 10.6 Å². The Morgan fingerprint density at radius 2 is 2.11 bits per heavy atom. The van der Waals surface area contributed by atoms with Crippen molar-refractivity contribution in [3.05, 3.63) is 29.8 Å². The van der Waals surface area contributed by atoms with Crippen LogP contribution in [0.15, 0.2) is 24.3 Å². The van der Waals surface area contributed by atoms with Gasteiger partial charge in [0.1, 0.15) is 11.4 Å². The summed E-state index contributed by atoms with van der Waals surface area (Å²) < 4.78 is 5.44. The van der Waals surface area contributed by atoms with Crippen LogP contribution in [0.2, 0.25) is 0 Å². The average Bonchev–Trinajstić information content (AvgIpc) is 2.44. The lowest BCUT2D eigenvalue weighted by Gasteiger charge is -2.34. The van der Waals surface area contributed by atoms with Gasteiger partial charge in [-0.25, -0.2) is 0 Å². The van der Waals surface area contributed by atoms with E-state index in [1.165, 1.54) is 7.05 Å². The SMILES string of the molecule is CNC(=O)C(=O)NCC1(O)CCOc2ccccc21. The minimum atomic E-state index is -1.21. The summed E-state index contributed by atoms with van der Waals surface area (Å²) in [6, 6.07) is 7.12. The summed E-state index contributed by atoms with van der Waals surface area (Å²) in [6.45, 7) is 0.336. The number of carbonyl (C=O) groups excluding carboxylic acids is 2. The molecule has 0 radical (unpaired) electrons. The molecular formula is C13H16N2O4. The van der Waals surface area contributed by atoms with E-state index in [0.29, 0.717) is 24.3 Å². The molecule has 1 aromatic carbocycles. The van der Waals surface area contributed by atoms with Crippen molar-refractivity contribution in [3.63, 3.8) is 0 Å². The average molecular weight is 264 g/mol. The van der Waals surface area contributed by atoms with Gasteiger partial charge in [0, 0.05) is 19.0 Å². The highest BCUT2D eigenvalue weighted by Crippen LogP contribution is 2.36. The van der Waals surface area contributed by atoms with Gasteiger partial charge in [-0.05, 0) is 6.07 Å². The number of ether oxygens (including phenoxy) is 1. The van der Waals surface area contributed by atoms with Gasteiger partial charge in [0.2, 0.25) is 0 Å². The second kappa shape index (κ2) is 5.27. The van der Waals surface area contributed by atoms with Crippen LogP contribution in [-0.2, 0) is 15.2 Å². The van der Waals surface area contributed by atoms with Crippen LogP contribution in [0, 0.1) is 0 Å². The van der Waals surface area contributed by atoms with E-state index >= 15 is 0 Å². The Morgan fingerprint density at radius 3 is 2.84 bits per heavy atom. The van der Waals surface area contributed by atoms with Gasteiger partial charge in [-0.3, -0.25) is 9.59 Å². The molecule has 0 saturated carbocycles. The lowest BCUT2D eigenvalue weighted by atomic mass is 9.88. The Hall–Kier alpha value is -2.08. The van der Waals surface area contributed by atoms with Crippen LogP contribution in [0.4, 0.5) is 0 Å². The Labute approximate surface area is 110 Å². The molecule has 2 amide bonds. The molecule has 1 heterocycles. The molecule has 6 heteroatoms. The molecule has 0 bridgehead atoms. The molecule has 6 nitrogen and oxygen atoms in total. The fourth-order valence-corrected chi connectivity index (χ4v) is 2.05. The molecule has 1 aliphatic rings. The molecule has 0 fully saturated rings. The smallest absolute Gasteiger partial charge is 0.309 e. The Bertz CT molecular complexity index is 503. The Morgan fingerprint density at radius 1 is 1.37 bits per heavy atom. The molecule has 0 aromatic heterocycles. The van der Waals surface area contributed by atoms with Crippen LogP contribution in [0.1, 0.15) is 12.0 Å². The topological polar surface area (TPSA) is 87.7 Å². The molecule has 0 saturated heterocycles. The first kappa shape index (κ1) is 13.4. The molecule has 102 valence electrons. The molecule has 19 heavy (non-hydrogen) atoms. The minimum Gasteiger partial charge on any atom is -0.493 e. The van der Waals surface area contributed by atoms with E-state index in [1.807, 2.05) is 6.07 Å². The van der Waals surface area contributed by atoms with Gasteiger partial charge in [0.05, 0.1) is 13.2 Å². The largest absolute Gasteiger partial charge is 0.493 e. The first-order valence-corrected chi connectivity index (χ1v) is 6.01. The number of fused-ring (bicyclic) bond motifs is 1. The lowest BCUT2D eigenvalue weighted by molar-refractivity contribution is -0.139. The van der Waals surface area contributed by atoms with Crippen LogP contribution in [0.25, 0.3) is 0 Å². The highest BCUT2D eigenvalue weighted by Gasteiger charge is 2.36. The van der Waals surface area contributed by atoms with E-state index in [-0.39, 0.29) is 6.54 Å². The van der Waals surface area contributed by atoms with Crippen molar-refractivity contribution < 1.29 is 19.4 Å². The van der Waals surface area contributed by atoms with Gasteiger partial charge in [-0.15, -0.1) is 0 Å². The molecule has 0 aliphatic carbocycles. The van der Waals surface area contributed by atoms with E-state index in [0.717, 1.165) is 0 Å². The molecule has 1 aliphatic heterocycles. The zero-order valence-corrected chi connectivity index (χ0v) is 10.6. The summed E-state index contributed by atoms with van der Waals surface area (Å²) in [4.78, 5) is 22.5. The Balaban J connectivity index is 2.12. The first-order valence-electron chi connectivity index (χ1n) is 6.01. The Kier molecular flexibility index (Phi) is 3.71. The minimum absolute atomic E-state index is 0.0281. The van der Waals surface area contributed by atoms with Gasteiger partial charge in [0.15, 0.2) is 0 Å². The van der Waals surface area contributed by atoms with Crippen LogP contribution in [0.3, 0.4) is 0 Å². The maximum Gasteiger partial charge on any atom is 0.309 e. The van der Waals surface area contributed by atoms with Crippen molar-refractivity contribution in [2.45, 2.75) is 12.0 Å². The zero-order valence-electron chi connectivity index (χ0n) is 10.6. The van der Waals surface area contributed by atoms with Gasteiger partial charge < -0.3 is 20.5 Å². The molecule has 1 atom stereocenters. The second-order valence-corrected chi connectivity index (χ2v) is 4.39. The van der Waals surface area contributed by atoms with E-state index in [1.54, 1.807) is 18.2 Å². The lowest BCUT2D eigenvalue weighted by Crippen LogP contribution is -2.47. The molecular weight excluding hydrogens is 248 g/mol. The number of carbonyl (C=O) groups is 2. The van der Waals surface area contributed by atoms with E-state index in [9.17, 15) is 14.7 Å². The number of aliphatic hydroxyl groups is 1. The molecule has 1 aromatic rings. The van der Waals surface area contributed by atoms with Crippen molar-refractivity contribution in [1.29, 1.82) is 0 Å². The van der Waals surface area contributed by atoms with Crippen molar-refractivity contribution in [2.75, 3.05) is 20.2 Å². The van der Waals surface area contributed by atoms with Crippen molar-refractivity contribution >= 4 is 11.8 Å². The van der Waals surface area contributed by atoms with Gasteiger partial charge in [-0.1, -0.05) is 18.2 Å². The van der Waals surface area contributed by atoms with Crippen LogP contribution in [-0.4, -0.2) is 37.1 Å². The highest BCUT2D eigenvalue weighted by molar-refractivity contribution is 6.35. The second-order valence-electron chi connectivity index (χ2n) is 4.39. The van der Waals surface area contributed by atoms with Crippen LogP contribution >= 0.6 is 0 Å². The standard InChI is InChI=1S/C13H16N2O4/c1-14-11(16)12(17)15-8-13(18)6-7-19-10-5-3-2-4-9(10)13/h2-5,18H,6-8H2,1H3,(H,14,16)(H,15,17). The third kappa shape index (κ3) is 2.68. The maximum absolute atomic E-state index is 11.4. The normalized spacial score (nSPS) is 20.9. The quantitative estimate of drug-likeness (QED) is 0.630. The highest BCUT2D eigenvalue weighted by atomic mass is 16.5. The summed E-state index contributed by atoms with van der Waals surface area (Å²) in [5.74, 6) is -0.894. The predicted octanol–water partition coefficient (Wildman–Crippen LogP) is -0.481. The summed E-state index contributed by atoms with van der Waals surface area (Å²) in [5, 5.41) is 15.3. The number of amides is 2. The monoisotopic (exact) mass is 264 g/mol. The molecule has 2 rings (SSSR count). The zero-order chi connectivity index (χ0) is 13.9. The number of hydrogen-bond acceptors (Lipinski definition) is 4. The van der Waals surface area contributed by atoms with E-state index < -0.39 is 17.4 Å². The fourth-order valence-electron chi connectivity index (χ4n) is 2.05. The predicted molar refractivity (Wildman–Crippen MR) is 67.5 cm³/mol. The van der Waals surface area contributed by atoms with Crippen molar-refractivity contribution in [2.24, 2.45) is 0 Å². The maximum atomic E-state index is 11.4. The third-order valence-corrected chi connectivity index (χ3v) is 3.14. The number of nitrogens with one attached hydrogen (secondary N) is 2. The van der Waals surface area contributed by atoms with Gasteiger partial charge in [-0.2, -0.15) is 0 Å². The number of likely N-dealkylation sites (N-methyl/N-ethyl adjacent to an activating group) is 1. The van der Waals surface area contributed by atoms with Crippen LogP contribution < -0.4 is 15.4 Å². The molecule has 0 spiro atoms. The van der Waals surface area contributed by atoms with E-state index in [2.05, 4.69) is 10.6 Å². The summed E-state index contributed by atoms with van der Waals surface area (Å²) >= 11 is 0. The number of para-hydroxylation sites is 1. The molecule has 1 unspecified atom stereocenters. The van der Waals surface area contributed by atoms with E-state index in [4.69, 9.17) is 4.74 Å². The number of hydrogen-bond donors (Lipinski definition) is 3. The number of rotatable bonds is 2. The summed E-state index contributed by atoms with van der Waals surface area (Å²) in [7, 11) is 1.38.